The van der Waals surface area contributed by atoms with Gasteiger partial charge in [0.15, 0.2) is 5.78 Å². The van der Waals surface area contributed by atoms with Crippen LogP contribution in [-0.2, 0) is 23.9 Å². The van der Waals surface area contributed by atoms with Gasteiger partial charge in [-0.3, -0.25) is 19.5 Å². The number of rotatable bonds is 7. The summed E-state index contributed by atoms with van der Waals surface area (Å²) in [5.41, 5.74) is 8.69. The highest BCUT2D eigenvalue weighted by atomic mass is 35.5. The molecule has 2 aromatic heterocycles. The quantitative estimate of drug-likeness (QED) is 0.256. The Morgan fingerprint density at radius 3 is 2.44 bits per heavy atom. The number of allylic oxidation sites excluding steroid dienone is 2. The topological polar surface area (TPSA) is 112 Å². The second-order valence-corrected chi connectivity index (χ2v) is 11.3. The van der Waals surface area contributed by atoms with Gasteiger partial charge in [-0.2, -0.15) is 0 Å². The number of carbonyl (C=O) groups excluding carboxylic acids is 3. The van der Waals surface area contributed by atoms with E-state index in [0.29, 0.717) is 27.0 Å². The van der Waals surface area contributed by atoms with Crippen molar-refractivity contribution in [3.63, 3.8) is 0 Å². The van der Waals surface area contributed by atoms with Crippen LogP contribution >= 0.6 is 34.5 Å². The summed E-state index contributed by atoms with van der Waals surface area (Å²) in [6, 6.07) is 12.1. The van der Waals surface area contributed by atoms with Crippen molar-refractivity contribution in [2.75, 3.05) is 18.1 Å². The number of hydrogen-bond acceptors (Lipinski definition) is 9. The molecule has 0 bridgehead atoms. The number of carbonyl (C=O) groups is 3. The van der Waals surface area contributed by atoms with Crippen molar-refractivity contribution in [3.05, 3.63) is 103 Å². The van der Waals surface area contributed by atoms with E-state index >= 15 is 0 Å². The fourth-order valence-corrected chi connectivity index (χ4v) is 6.93. The Bertz CT molecular complexity index is 1540. The molecule has 1 aliphatic carbocycles. The van der Waals surface area contributed by atoms with Gasteiger partial charge < -0.3 is 15.2 Å². The molecule has 1 aliphatic heterocycles. The van der Waals surface area contributed by atoms with E-state index in [4.69, 9.17) is 38.4 Å². The summed E-state index contributed by atoms with van der Waals surface area (Å²) in [7, 11) is 0. The van der Waals surface area contributed by atoms with E-state index in [2.05, 4.69) is 4.98 Å². The highest BCUT2D eigenvalue weighted by Gasteiger charge is 2.51. The van der Waals surface area contributed by atoms with Crippen molar-refractivity contribution in [2.24, 2.45) is 11.7 Å². The van der Waals surface area contributed by atoms with E-state index in [9.17, 15) is 14.4 Å². The first kappa shape index (κ1) is 28.9. The number of hydrogen-bond donors (Lipinski definition) is 1. The number of nitrogens with zero attached hydrogens (tertiary/aromatic N) is 2. The molecule has 2 N–H and O–H groups in total. The second-order valence-electron chi connectivity index (χ2n) is 9.48. The van der Waals surface area contributed by atoms with E-state index in [-0.39, 0.29) is 36.6 Å². The maximum Gasteiger partial charge on any atom is 0.338 e. The van der Waals surface area contributed by atoms with Gasteiger partial charge in [0.1, 0.15) is 11.7 Å². The smallest absolute Gasteiger partial charge is 0.338 e. The van der Waals surface area contributed by atoms with Gasteiger partial charge in [-0.25, -0.2) is 4.79 Å². The van der Waals surface area contributed by atoms with Gasteiger partial charge in [-0.1, -0.05) is 35.3 Å². The third kappa shape index (κ3) is 5.37. The third-order valence-corrected chi connectivity index (χ3v) is 8.55. The molecule has 0 amide bonds. The molecule has 1 aromatic carbocycles. The molecule has 0 fully saturated rings. The highest BCUT2D eigenvalue weighted by molar-refractivity contribution is 7.10. The monoisotopic (exact) mass is 611 g/mol. The van der Waals surface area contributed by atoms with Crippen LogP contribution < -0.4 is 10.6 Å². The van der Waals surface area contributed by atoms with Gasteiger partial charge in [-0.15, -0.1) is 11.3 Å². The molecule has 11 heteroatoms. The van der Waals surface area contributed by atoms with Crippen LogP contribution in [0.4, 0.5) is 5.69 Å². The lowest BCUT2D eigenvalue weighted by molar-refractivity contribution is -0.152. The highest BCUT2D eigenvalue weighted by Crippen LogP contribution is 2.52. The van der Waals surface area contributed by atoms with Crippen LogP contribution in [0.15, 0.2) is 82.9 Å². The summed E-state index contributed by atoms with van der Waals surface area (Å²) in [5.74, 6) is -4.28. The first-order valence-corrected chi connectivity index (χ1v) is 14.7. The molecule has 0 saturated carbocycles. The zero-order chi connectivity index (χ0) is 29.3. The van der Waals surface area contributed by atoms with E-state index < -0.39 is 35.5 Å². The van der Waals surface area contributed by atoms with E-state index in [1.165, 1.54) is 11.3 Å². The Balaban J connectivity index is 1.83. The Morgan fingerprint density at radius 1 is 1.10 bits per heavy atom. The number of thiophene rings is 1. The lowest BCUT2D eigenvalue weighted by atomic mass is 9.68. The predicted molar refractivity (Wildman–Crippen MR) is 158 cm³/mol. The van der Waals surface area contributed by atoms with Gasteiger partial charge in [0.05, 0.1) is 30.4 Å². The molecule has 0 spiro atoms. The molecule has 41 heavy (non-hydrogen) atoms. The van der Waals surface area contributed by atoms with Crippen LogP contribution in [0, 0.1) is 5.92 Å². The number of ether oxygens (including phenoxy) is 2. The number of Topliss-reactive ketones (excluding diaryl/α,β-unsaturated/α-hetero) is 1. The van der Waals surface area contributed by atoms with Gasteiger partial charge >= 0.3 is 11.9 Å². The lowest BCUT2D eigenvalue weighted by Gasteiger charge is -2.43. The average molecular weight is 613 g/mol. The standard InChI is InChI=1S/C30H27Cl2N3O5S/c1-3-39-29(37)24-20(22-8-6-10-41-22)14-21-25(27(24)36)23(16-7-5-9-34-15-16)26(30(38)40-4-2)28(33)35(21)19-12-17(31)11-18(32)13-19/h5-13,15,20,23-24H,3-4,14,33H2,1-2H3/t20-,23-,24-/m1/s1. The molecular formula is C30H27Cl2N3O5S. The Morgan fingerprint density at radius 2 is 1.83 bits per heavy atom. The van der Waals surface area contributed by atoms with Crippen molar-refractivity contribution in [2.45, 2.75) is 32.1 Å². The summed E-state index contributed by atoms with van der Waals surface area (Å²) >= 11 is 14.2. The summed E-state index contributed by atoms with van der Waals surface area (Å²) in [6.07, 6.45) is 3.42. The third-order valence-electron chi connectivity index (χ3n) is 7.11. The lowest BCUT2D eigenvalue weighted by Crippen LogP contribution is -2.46. The number of aromatic nitrogens is 1. The van der Waals surface area contributed by atoms with E-state index in [1.807, 2.05) is 17.5 Å². The molecule has 212 valence electrons. The first-order chi connectivity index (χ1) is 19.8. The predicted octanol–water partition coefficient (Wildman–Crippen LogP) is 5.98. The molecule has 8 nitrogen and oxygen atoms in total. The number of pyridine rings is 1. The van der Waals surface area contributed by atoms with Crippen molar-refractivity contribution in [3.8, 4) is 0 Å². The summed E-state index contributed by atoms with van der Waals surface area (Å²) < 4.78 is 10.9. The summed E-state index contributed by atoms with van der Waals surface area (Å²) in [6.45, 7) is 3.59. The molecule has 0 saturated heterocycles. The first-order valence-electron chi connectivity index (χ1n) is 13.1. The molecule has 3 heterocycles. The minimum absolute atomic E-state index is 0.0558. The largest absolute Gasteiger partial charge is 0.465 e. The number of nitrogens with two attached hydrogens (primary N) is 1. The zero-order valence-corrected chi connectivity index (χ0v) is 24.6. The Kier molecular flexibility index (Phi) is 8.49. The molecule has 0 radical (unpaired) electrons. The van der Waals surface area contributed by atoms with Gasteiger partial charge in [-0.05, 0) is 61.5 Å². The molecule has 2 aliphatic rings. The minimum Gasteiger partial charge on any atom is -0.465 e. The van der Waals surface area contributed by atoms with Crippen LogP contribution in [0.2, 0.25) is 10.0 Å². The number of esters is 2. The van der Waals surface area contributed by atoms with Crippen molar-refractivity contribution < 1.29 is 23.9 Å². The normalized spacial score (nSPS) is 20.6. The molecule has 3 atom stereocenters. The number of anilines is 1. The van der Waals surface area contributed by atoms with E-state index in [1.54, 1.807) is 61.5 Å². The van der Waals surface area contributed by atoms with Crippen LogP contribution in [0.5, 0.6) is 0 Å². The Hall–Kier alpha value is -3.66. The van der Waals surface area contributed by atoms with Gasteiger partial charge in [0.2, 0.25) is 0 Å². The molecule has 5 rings (SSSR count). The van der Waals surface area contributed by atoms with Crippen LogP contribution in [0.25, 0.3) is 0 Å². The van der Waals surface area contributed by atoms with Crippen LogP contribution in [-0.4, -0.2) is 35.9 Å². The SMILES string of the molecule is CCOC(=O)C1=C(N)N(c2cc(Cl)cc(Cl)c2)C2=C(C(=O)[C@H](C(=O)OCC)[C@@H](c3cccs3)C2)[C@H]1c1cccnc1. The molecular weight excluding hydrogens is 585 g/mol. The van der Waals surface area contributed by atoms with Gasteiger partial charge in [0.25, 0.3) is 0 Å². The van der Waals surface area contributed by atoms with Crippen molar-refractivity contribution in [1.82, 2.24) is 4.98 Å². The minimum atomic E-state index is -1.13. The fraction of sp³-hybridized carbons (Fsp3) is 0.267. The van der Waals surface area contributed by atoms with E-state index in [0.717, 1.165) is 4.88 Å². The van der Waals surface area contributed by atoms with Gasteiger partial charge in [0, 0.05) is 44.5 Å². The van der Waals surface area contributed by atoms with Crippen molar-refractivity contribution in [1.29, 1.82) is 0 Å². The maximum absolute atomic E-state index is 14.6. The summed E-state index contributed by atoms with van der Waals surface area (Å²) in [5, 5.41) is 2.58. The maximum atomic E-state index is 14.6. The second kappa shape index (κ2) is 12.1. The number of benzene rings is 1. The van der Waals surface area contributed by atoms with Crippen LogP contribution in [0.3, 0.4) is 0 Å². The van der Waals surface area contributed by atoms with Crippen LogP contribution in [0.1, 0.15) is 42.5 Å². The summed E-state index contributed by atoms with van der Waals surface area (Å²) in [4.78, 5) is 48.3. The molecule has 0 unspecified atom stereocenters. The van der Waals surface area contributed by atoms with Crippen molar-refractivity contribution >= 4 is 57.9 Å². The fourth-order valence-electron chi connectivity index (χ4n) is 5.55. The Labute approximate surface area is 251 Å². The number of ketones is 1. The number of halogens is 2. The average Bonchev–Trinajstić information content (AvgIpc) is 3.47. The molecule has 3 aromatic rings. The zero-order valence-electron chi connectivity index (χ0n) is 22.3.